The molecule has 6 aliphatic heterocycles. The van der Waals surface area contributed by atoms with Crippen LogP contribution in [0, 0.1) is 5.92 Å². The molecule has 29 heteroatoms. The van der Waals surface area contributed by atoms with Gasteiger partial charge in [-0.1, -0.05) is 30.2 Å². The second kappa shape index (κ2) is 31.2. The maximum atomic E-state index is 11.8. The highest BCUT2D eigenvalue weighted by molar-refractivity contribution is 5.66. The molecule has 0 aromatic heterocycles. The molecule has 82 heavy (non-hydrogen) atoms. The first-order valence-electron chi connectivity index (χ1n) is 28.0. The summed E-state index contributed by atoms with van der Waals surface area (Å²) in [6, 6.07) is 0. The van der Waals surface area contributed by atoms with Crippen molar-refractivity contribution >= 4 is 5.97 Å². The Hall–Kier alpha value is -2.13. The van der Waals surface area contributed by atoms with Crippen LogP contribution in [-0.2, 0) is 66.4 Å². The molecule has 0 radical (unpaired) electrons. The molecule has 476 valence electrons. The van der Waals surface area contributed by atoms with Gasteiger partial charge in [-0.25, -0.2) is 0 Å². The van der Waals surface area contributed by atoms with Gasteiger partial charge in [0.2, 0.25) is 0 Å². The topological polar surface area (TPSA) is 441 Å². The molecule has 0 amide bonds. The molecule has 0 saturated carbocycles. The number of carbonyl (C=O) groups excluding carboxylic acids is 1. The van der Waals surface area contributed by atoms with Gasteiger partial charge >= 0.3 is 5.97 Å². The number of aliphatic hydroxyl groups excluding tert-OH is 15. The van der Waals surface area contributed by atoms with E-state index in [0.717, 1.165) is 24.5 Å². The maximum absolute atomic E-state index is 11.8. The van der Waals surface area contributed by atoms with Crippen LogP contribution in [0.15, 0.2) is 23.3 Å². The molecule has 15 N–H and O–H groups in total. The third-order valence-electron chi connectivity index (χ3n) is 15.8. The van der Waals surface area contributed by atoms with Gasteiger partial charge in [0.05, 0.1) is 50.8 Å². The molecule has 0 unspecified atom stereocenters. The fraction of sp³-hybridized carbons (Fsp3) is 0.906. The summed E-state index contributed by atoms with van der Waals surface area (Å²) in [4.78, 5) is 11.8. The first-order valence-corrected chi connectivity index (χ1v) is 28.0. The van der Waals surface area contributed by atoms with Gasteiger partial charge in [-0.2, -0.15) is 0 Å². The van der Waals surface area contributed by atoms with E-state index in [2.05, 4.69) is 6.08 Å². The third kappa shape index (κ3) is 16.9. The third-order valence-corrected chi connectivity index (χ3v) is 15.8. The number of esters is 1. The second-order valence-electron chi connectivity index (χ2n) is 22.4. The van der Waals surface area contributed by atoms with Crippen molar-refractivity contribution in [3.8, 4) is 0 Å². The van der Waals surface area contributed by atoms with E-state index in [9.17, 15) is 81.4 Å². The molecule has 6 saturated heterocycles. The van der Waals surface area contributed by atoms with Gasteiger partial charge in [0.25, 0.3) is 0 Å². The Kier molecular flexibility index (Phi) is 26.2. The Bertz CT molecular complexity index is 2010. The monoisotopic (exact) mass is 1190 g/mol. The van der Waals surface area contributed by atoms with Crippen LogP contribution in [0.3, 0.4) is 0 Å². The summed E-state index contributed by atoms with van der Waals surface area (Å²) in [7, 11) is 0. The minimum Gasteiger partial charge on any atom is -0.457 e. The summed E-state index contributed by atoms with van der Waals surface area (Å²) in [5, 5.41) is 160. The molecule has 0 aromatic carbocycles. The molecule has 0 aromatic rings. The number of hydrogen-bond donors (Lipinski definition) is 15. The molecule has 6 heterocycles. The molecular weight excluding hydrogens is 1100 g/mol. The lowest BCUT2D eigenvalue weighted by Crippen LogP contribution is -2.66. The predicted molar refractivity (Wildman–Crippen MR) is 274 cm³/mol. The molecule has 6 fully saturated rings. The molecule has 29 nitrogen and oxygen atoms in total. The summed E-state index contributed by atoms with van der Waals surface area (Å²) >= 11 is 0. The van der Waals surface area contributed by atoms with Crippen LogP contribution in [0.5, 0.6) is 0 Å². The van der Waals surface area contributed by atoms with Gasteiger partial charge in [0, 0.05) is 6.92 Å². The SMILES string of the molecule is CC(=O)O[C@@H]1[C@@H](O)[C@@H](O)[C@H](O[C@H]2[C@H](OC/C=C(\C)CC/C=C(\C)CCC[C@H](C)CO[C@@H]3O[C@H](CO)[C@@H](O)[C@H](O[C@@H]4O[C@@H](C)[C@H](O)[C@@H](O)[C@H]4O)[C@H]3O[C@@H]3O[C@@H](C)[C@H](O)[C@@H](O)[C@H]3O)O[C@H](CO)[C@@H](O)[C@@H]2O[C@@H]2O[C@@H](C)[C@H](O)[C@@H](O)[C@H]2O)O[C@H]1C. The van der Waals surface area contributed by atoms with E-state index >= 15 is 0 Å². The van der Waals surface area contributed by atoms with E-state index in [0.29, 0.717) is 25.7 Å². The van der Waals surface area contributed by atoms with Crippen LogP contribution >= 0.6 is 0 Å². The van der Waals surface area contributed by atoms with E-state index in [1.165, 1.54) is 27.7 Å². The lowest BCUT2D eigenvalue weighted by atomic mass is 9.96. The number of aliphatic hydroxyl groups is 15. The zero-order valence-electron chi connectivity index (χ0n) is 47.3. The lowest BCUT2D eigenvalue weighted by Gasteiger charge is -2.49. The Balaban J connectivity index is 1.05. The van der Waals surface area contributed by atoms with Gasteiger partial charge in [-0.15, -0.1) is 0 Å². The van der Waals surface area contributed by atoms with Crippen LogP contribution in [0.1, 0.15) is 87.5 Å². The summed E-state index contributed by atoms with van der Waals surface area (Å²) < 4.78 is 76.5. The van der Waals surface area contributed by atoms with E-state index in [-0.39, 0.29) is 19.1 Å². The standard InChI is InChI=1S/C53H90O29/c1-20(12-10-14-22(3)19-71-53-47(82-50-41(68)37(64)32(59)25(6)74-50)45(34(61)29(18-55)78-53)80-49-40(67)36(63)31(58)24(5)73-49)11-9-13-21(2)15-16-70-52-46(81-51-42(69)38(65)43(26(7)75-51)76-27(8)56)44(33(60)28(17-54)77-52)79-48-39(66)35(62)30(57)23(4)72-48/h11,15,22-26,28-55,57-69H,9-10,12-14,16-19H2,1-8H3/b20-11+,21-15+/t22-,23-,24-,25-,26-,28+,29+,30-,31-,32-,33+,34+,35+,36+,37+,38-,39+,40+,41+,42+,43-,44-,45-,46+,47+,48-,49-,50-,51-,52+,53+/m0/s1. The van der Waals surface area contributed by atoms with Crippen molar-refractivity contribution in [3.63, 3.8) is 0 Å². The van der Waals surface area contributed by atoms with Crippen molar-refractivity contribution in [2.75, 3.05) is 26.4 Å². The first-order chi connectivity index (χ1) is 38.7. The second-order valence-corrected chi connectivity index (χ2v) is 22.4. The number of ether oxygens (including phenoxy) is 13. The quantitative estimate of drug-likeness (QED) is 0.0318. The molecule has 31 atom stereocenters. The minimum absolute atomic E-state index is 0.0491. The van der Waals surface area contributed by atoms with Crippen molar-refractivity contribution in [2.24, 2.45) is 5.92 Å². The Morgan fingerprint density at radius 3 is 1.26 bits per heavy atom. The smallest absolute Gasteiger partial charge is 0.303 e. The van der Waals surface area contributed by atoms with Crippen LogP contribution in [-0.4, -0.2) is 293 Å². The van der Waals surface area contributed by atoms with Crippen LogP contribution < -0.4 is 0 Å². The normalized spacial score (nSPS) is 46.6. The predicted octanol–water partition coefficient (Wildman–Crippen LogP) is -4.92. The maximum Gasteiger partial charge on any atom is 0.303 e. The van der Waals surface area contributed by atoms with Gasteiger partial charge in [-0.3, -0.25) is 4.79 Å². The molecule has 0 bridgehead atoms. The van der Waals surface area contributed by atoms with Crippen molar-refractivity contribution in [3.05, 3.63) is 23.3 Å². The van der Waals surface area contributed by atoms with Gasteiger partial charge in [-0.05, 0) is 79.6 Å². The Morgan fingerprint density at radius 1 is 0.439 bits per heavy atom. The number of rotatable bonds is 24. The van der Waals surface area contributed by atoms with Crippen LogP contribution in [0.25, 0.3) is 0 Å². The largest absolute Gasteiger partial charge is 0.457 e. The zero-order chi connectivity index (χ0) is 60.6. The Labute approximate surface area is 475 Å². The fourth-order valence-corrected chi connectivity index (χ4v) is 10.5. The number of allylic oxidation sites excluding steroid dienone is 3. The first kappa shape index (κ1) is 69.0. The van der Waals surface area contributed by atoms with Crippen LogP contribution in [0.2, 0.25) is 0 Å². The van der Waals surface area contributed by atoms with Gasteiger partial charge in [0.1, 0.15) is 116 Å². The van der Waals surface area contributed by atoms with Gasteiger partial charge < -0.3 is 138 Å². The summed E-state index contributed by atoms with van der Waals surface area (Å²) in [6.45, 7) is 11.1. The average molecular weight is 1190 g/mol. The van der Waals surface area contributed by atoms with E-state index in [4.69, 9.17) is 61.6 Å². The van der Waals surface area contributed by atoms with E-state index < -0.39 is 203 Å². The van der Waals surface area contributed by atoms with Crippen molar-refractivity contribution in [1.82, 2.24) is 0 Å². The van der Waals surface area contributed by atoms with E-state index in [1.54, 1.807) is 6.08 Å². The lowest BCUT2D eigenvalue weighted by molar-refractivity contribution is -0.390. The molecule has 0 aliphatic carbocycles. The highest BCUT2D eigenvalue weighted by atomic mass is 16.8. The van der Waals surface area contributed by atoms with E-state index in [1.807, 2.05) is 20.8 Å². The highest BCUT2D eigenvalue weighted by Crippen LogP contribution is 2.37. The highest BCUT2D eigenvalue weighted by Gasteiger charge is 2.57. The molecule has 0 spiro atoms. The molecular formula is C53H90O29. The number of hydrogen-bond acceptors (Lipinski definition) is 29. The summed E-state index contributed by atoms with van der Waals surface area (Å²) in [5.41, 5.74) is 1.99. The molecule has 6 aliphatic rings. The van der Waals surface area contributed by atoms with Crippen molar-refractivity contribution < 1.29 is 143 Å². The van der Waals surface area contributed by atoms with Crippen LogP contribution in [0.4, 0.5) is 0 Å². The average Bonchev–Trinajstić information content (AvgIpc) is 3.46. The minimum atomic E-state index is -1.83. The Morgan fingerprint density at radius 2 is 0.829 bits per heavy atom. The van der Waals surface area contributed by atoms with Gasteiger partial charge in [0.15, 0.2) is 43.8 Å². The molecule has 6 rings (SSSR count). The van der Waals surface area contributed by atoms with Crippen molar-refractivity contribution in [2.45, 2.75) is 272 Å². The fourth-order valence-electron chi connectivity index (χ4n) is 10.5. The van der Waals surface area contributed by atoms with Crippen molar-refractivity contribution in [1.29, 1.82) is 0 Å². The summed E-state index contributed by atoms with van der Waals surface area (Å²) in [6.07, 6.45) is -38.5. The zero-order valence-corrected chi connectivity index (χ0v) is 47.3. The number of carbonyl (C=O) groups is 1. The summed E-state index contributed by atoms with van der Waals surface area (Å²) in [5.74, 6) is -0.854.